The highest BCUT2D eigenvalue weighted by atomic mass is 16.5. The molecule has 3 rings (SSSR count). The summed E-state index contributed by atoms with van der Waals surface area (Å²) in [5, 5.41) is 3.01. The van der Waals surface area contributed by atoms with Gasteiger partial charge >= 0.3 is 5.97 Å². The third-order valence-corrected chi connectivity index (χ3v) is 6.44. The van der Waals surface area contributed by atoms with Crippen molar-refractivity contribution in [2.45, 2.75) is 57.4 Å². The van der Waals surface area contributed by atoms with E-state index < -0.39 is 5.97 Å². The van der Waals surface area contributed by atoms with E-state index in [9.17, 15) is 9.59 Å². The van der Waals surface area contributed by atoms with Gasteiger partial charge in [-0.05, 0) is 36.0 Å². The average molecular weight is 429 g/mol. The molecule has 0 unspecified atom stereocenters. The number of nitrogens with zero attached hydrogens (tertiary/aromatic N) is 1. The first kappa shape index (κ1) is 23.5. The highest BCUT2D eigenvalue weighted by Gasteiger charge is 2.38. The van der Waals surface area contributed by atoms with Gasteiger partial charge in [-0.25, -0.2) is 4.79 Å². The molecule has 0 spiro atoms. The molecule has 1 amide bonds. The molecular weight excluding hydrogens is 392 g/mol. The van der Waals surface area contributed by atoms with Crippen molar-refractivity contribution in [3.8, 4) is 0 Å². The van der Waals surface area contributed by atoms with Crippen molar-refractivity contribution >= 4 is 18.0 Å². The van der Waals surface area contributed by atoms with E-state index in [4.69, 9.17) is 9.47 Å². The Kier molecular flexibility index (Phi) is 8.67. The second kappa shape index (κ2) is 11.4. The molecule has 0 aromatic heterocycles. The van der Waals surface area contributed by atoms with Crippen molar-refractivity contribution in [3.05, 3.63) is 41.5 Å². The van der Waals surface area contributed by atoms with Crippen LogP contribution in [-0.4, -0.2) is 61.8 Å². The largest absolute Gasteiger partial charge is 0.452 e. The lowest BCUT2D eigenvalue weighted by Crippen LogP contribution is -2.59. The van der Waals surface area contributed by atoms with E-state index in [1.165, 1.54) is 30.9 Å². The summed E-state index contributed by atoms with van der Waals surface area (Å²) in [5.74, 6) is -0.289. The third-order valence-electron chi connectivity index (χ3n) is 6.44. The maximum absolute atomic E-state index is 12.3. The van der Waals surface area contributed by atoms with Gasteiger partial charge in [0.1, 0.15) is 0 Å². The van der Waals surface area contributed by atoms with Crippen LogP contribution >= 0.6 is 0 Å². The lowest BCUT2D eigenvalue weighted by Gasteiger charge is -2.48. The molecule has 1 aliphatic heterocycles. The molecule has 2 fully saturated rings. The van der Waals surface area contributed by atoms with Crippen molar-refractivity contribution in [1.29, 1.82) is 0 Å². The number of ether oxygens (including phenoxy) is 2. The highest BCUT2D eigenvalue weighted by Crippen LogP contribution is 2.33. The number of morpholine rings is 1. The fourth-order valence-electron chi connectivity index (χ4n) is 4.51. The Morgan fingerprint density at radius 2 is 1.81 bits per heavy atom. The summed E-state index contributed by atoms with van der Waals surface area (Å²) < 4.78 is 10.6. The molecule has 1 heterocycles. The highest BCUT2D eigenvalue weighted by molar-refractivity contribution is 5.89. The van der Waals surface area contributed by atoms with Gasteiger partial charge in [0.25, 0.3) is 5.91 Å². The summed E-state index contributed by atoms with van der Waals surface area (Å²) in [4.78, 5) is 26.8. The molecule has 0 atom stereocenters. The summed E-state index contributed by atoms with van der Waals surface area (Å²) in [6.45, 7) is 7.95. The van der Waals surface area contributed by atoms with Crippen LogP contribution in [0.15, 0.2) is 30.3 Å². The van der Waals surface area contributed by atoms with Gasteiger partial charge in [-0.15, -0.1) is 0 Å². The number of esters is 1. The first-order chi connectivity index (χ1) is 15.0. The summed E-state index contributed by atoms with van der Waals surface area (Å²) in [5.41, 5.74) is 2.18. The summed E-state index contributed by atoms with van der Waals surface area (Å²) >= 11 is 0. The van der Waals surface area contributed by atoms with Crippen LogP contribution in [0.3, 0.4) is 0 Å². The average Bonchev–Trinajstić information content (AvgIpc) is 2.81. The van der Waals surface area contributed by atoms with Crippen LogP contribution in [0.1, 0.15) is 63.0 Å². The van der Waals surface area contributed by atoms with Gasteiger partial charge in [-0.1, -0.05) is 57.4 Å². The lowest BCUT2D eigenvalue weighted by atomic mass is 9.79. The van der Waals surface area contributed by atoms with E-state index in [1.54, 1.807) is 6.08 Å². The standard InChI is InChI=1S/C25H36N2O4/c1-20(2)22-9-6-21(7-10-22)8-11-24(29)31-18-23(28)26-19-25(12-4-3-5-13-25)27-14-16-30-17-15-27/h6-11,20H,3-5,12-19H2,1-2H3,(H,26,28)/b11-8+. The molecule has 1 aromatic rings. The Labute approximate surface area is 186 Å². The second-order valence-corrected chi connectivity index (χ2v) is 8.92. The lowest BCUT2D eigenvalue weighted by molar-refractivity contribution is -0.144. The van der Waals surface area contributed by atoms with Gasteiger partial charge in [0.15, 0.2) is 6.61 Å². The molecule has 6 heteroatoms. The van der Waals surface area contributed by atoms with Gasteiger partial charge in [0.2, 0.25) is 0 Å². The van der Waals surface area contributed by atoms with E-state index in [2.05, 4.69) is 36.2 Å². The van der Waals surface area contributed by atoms with Gasteiger partial charge in [-0.3, -0.25) is 9.69 Å². The van der Waals surface area contributed by atoms with Gasteiger partial charge in [0, 0.05) is 31.2 Å². The van der Waals surface area contributed by atoms with E-state index >= 15 is 0 Å². The second-order valence-electron chi connectivity index (χ2n) is 8.92. The zero-order valence-electron chi connectivity index (χ0n) is 18.9. The number of rotatable bonds is 8. The fraction of sp³-hybridized carbons (Fsp3) is 0.600. The molecule has 1 saturated carbocycles. The Morgan fingerprint density at radius 3 is 2.45 bits per heavy atom. The molecule has 2 aliphatic rings. The molecule has 1 saturated heterocycles. The Morgan fingerprint density at radius 1 is 1.13 bits per heavy atom. The Bertz CT molecular complexity index is 745. The minimum Gasteiger partial charge on any atom is -0.452 e. The van der Waals surface area contributed by atoms with E-state index in [0.717, 1.165) is 44.7 Å². The van der Waals surface area contributed by atoms with E-state index in [0.29, 0.717) is 12.5 Å². The van der Waals surface area contributed by atoms with Gasteiger partial charge in [0.05, 0.1) is 13.2 Å². The third kappa shape index (κ3) is 6.91. The van der Waals surface area contributed by atoms with E-state index in [-0.39, 0.29) is 18.1 Å². The predicted molar refractivity (Wildman–Crippen MR) is 122 cm³/mol. The van der Waals surface area contributed by atoms with Crippen LogP contribution in [0, 0.1) is 0 Å². The smallest absolute Gasteiger partial charge is 0.331 e. The fourth-order valence-corrected chi connectivity index (χ4v) is 4.51. The van der Waals surface area contributed by atoms with Gasteiger partial charge in [-0.2, -0.15) is 0 Å². The molecule has 1 N–H and O–H groups in total. The molecule has 1 aromatic carbocycles. The Hall–Kier alpha value is -2.18. The molecular formula is C25H36N2O4. The Balaban J connectivity index is 1.44. The molecule has 31 heavy (non-hydrogen) atoms. The number of carbonyl (C=O) groups is 2. The minimum absolute atomic E-state index is 0.00372. The quantitative estimate of drug-likeness (QED) is 0.507. The number of carbonyl (C=O) groups excluding carboxylic acids is 2. The van der Waals surface area contributed by atoms with Crippen molar-refractivity contribution in [2.24, 2.45) is 0 Å². The van der Waals surface area contributed by atoms with Gasteiger partial charge < -0.3 is 14.8 Å². The number of hydrogen-bond donors (Lipinski definition) is 1. The number of benzene rings is 1. The van der Waals surface area contributed by atoms with Crippen molar-refractivity contribution in [1.82, 2.24) is 10.2 Å². The zero-order valence-corrected chi connectivity index (χ0v) is 18.9. The van der Waals surface area contributed by atoms with E-state index in [1.807, 2.05) is 12.1 Å². The molecule has 170 valence electrons. The maximum atomic E-state index is 12.3. The number of nitrogens with one attached hydrogen (secondary N) is 1. The molecule has 0 bridgehead atoms. The van der Waals surface area contributed by atoms with Crippen LogP contribution in [-0.2, 0) is 19.1 Å². The monoisotopic (exact) mass is 428 g/mol. The number of hydrogen-bond acceptors (Lipinski definition) is 5. The molecule has 1 aliphatic carbocycles. The van der Waals surface area contributed by atoms with Crippen LogP contribution < -0.4 is 5.32 Å². The van der Waals surface area contributed by atoms with Crippen molar-refractivity contribution in [2.75, 3.05) is 39.5 Å². The minimum atomic E-state index is -0.511. The van der Waals surface area contributed by atoms with Crippen LogP contribution in [0.5, 0.6) is 0 Å². The van der Waals surface area contributed by atoms with Crippen LogP contribution in [0.4, 0.5) is 0 Å². The van der Waals surface area contributed by atoms with Crippen molar-refractivity contribution in [3.63, 3.8) is 0 Å². The number of amides is 1. The SMILES string of the molecule is CC(C)c1ccc(/C=C/C(=O)OCC(=O)NCC2(N3CCOCC3)CCCCC2)cc1. The maximum Gasteiger partial charge on any atom is 0.331 e. The van der Waals surface area contributed by atoms with Crippen LogP contribution in [0.2, 0.25) is 0 Å². The van der Waals surface area contributed by atoms with Crippen LogP contribution in [0.25, 0.3) is 6.08 Å². The molecule has 6 nitrogen and oxygen atoms in total. The first-order valence-corrected chi connectivity index (χ1v) is 11.5. The predicted octanol–water partition coefficient (Wildman–Crippen LogP) is 3.52. The van der Waals surface area contributed by atoms with Crippen molar-refractivity contribution < 1.29 is 19.1 Å². The topological polar surface area (TPSA) is 67.9 Å². The summed E-state index contributed by atoms with van der Waals surface area (Å²) in [7, 11) is 0. The summed E-state index contributed by atoms with van der Waals surface area (Å²) in [6.07, 6.45) is 8.88. The molecule has 0 radical (unpaired) electrons. The normalized spacial score (nSPS) is 19.5. The summed E-state index contributed by atoms with van der Waals surface area (Å²) in [6, 6.07) is 8.06. The first-order valence-electron chi connectivity index (χ1n) is 11.5. The zero-order chi connectivity index (χ0) is 22.1.